The van der Waals surface area contributed by atoms with Crippen molar-refractivity contribution in [2.75, 3.05) is 20.6 Å². The van der Waals surface area contributed by atoms with Crippen LogP contribution in [0.25, 0.3) is 0 Å². The Morgan fingerprint density at radius 3 is 3.23 bits per heavy atom. The largest absolute Gasteiger partial charge is 0.315 e. The average molecular weight is 196 g/mol. The molecular weight excluding hydrogens is 180 g/mol. The van der Waals surface area contributed by atoms with E-state index >= 15 is 0 Å². The summed E-state index contributed by atoms with van der Waals surface area (Å²) in [6.45, 7) is 3.36. The fourth-order valence-corrected chi connectivity index (χ4v) is 2.98. The second-order valence-electron chi connectivity index (χ2n) is 3.68. The van der Waals surface area contributed by atoms with E-state index in [9.17, 15) is 0 Å². The smallest absolute Gasteiger partial charge is 0.0296 e. The van der Waals surface area contributed by atoms with E-state index in [1.165, 1.54) is 17.8 Å². The van der Waals surface area contributed by atoms with Crippen LogP contribution in [-0.4, -0.2) is 25.5 Å². The first-order chi connectivity index (χ1) is 6.29. The maximum absolute atomic E-state index is 3.20. The van der Waals surface area contributed by atoms with Crippen LogP contribution in [0.4, 0.5) is 0 Å². The molecule has 0 amide bonds. The Morgan fingerprint density at radius 2 is 2.46 bits per heavy atom. The van der Waals surface area contributed by atoms with Gasteiger partial charge in [0, 0.05) is 29.4 Å². The summed E-state index contributed by atoms with van der Waals surface area (Å²) in [4.78, 5) is 5.46. The zero-order valence-corrected chi connectivity index (χ0v) is 9.08. The van der Waals surface area contributed by atoms with Crippen molar-refractivity contribution in [2.45, 2.75) is 19.5 Å². The first-order valence-corrected chi connectivity index (χ1v) is 5.55. The molecule has 0 saturated heterocycles. The zero-order chi connectivity index (χ0) is 9.26. The van der Waals surface area contributed by atoms with E-state index in [-0.39, 0.29) is 0 Å². The summed E-state index contributed by atoms with van der Waals surface area (Å²) in [5.74, 6) is 0. The van der Waals surface area contributed by atoms with E-state index in [0.717, 1.165) is 13.1 Å². The number of rotatable bonds is 2. The highest BCUT2D eigenvalue weighted by atomic mass is 32.1. The average Bonchev–Trinajstić information content (AvgIpc) is 2.46. The molecule has 72 valence electrons. The molecule has 0 radical (unpaired) electrons. The lowest BCUT2D eigenvalue weighted by Crippen LogP contribution is -2.25. The monoisotopic (exact) mass is 196 g/mol. The number of likely N-dealkylation sites (N-methyl/N-ethyl adjacent to an activating group) is 1. The molecular formula is C10H16N2S. The van der Waals surface area contributed by atoms with Gasteiger partial charge in [0.05, 0.1) is 0 Å². The third kappa shape index (κ3) is 1.93. The molecule has 1 aromatic heterocycles. The Morgan fingerprint density at radius 1 is 1.62 bits per heavy atom. The molecule has 0 aromatic carbocycles. The van der Waals surface area contributed by atoms with Gasteiger partial charge in [0.2, 0.25) is 0 Å². The van der Waals surface area contributed by atoms with Crippen LogP contribution in [0.2, 0.25) is 0 Å². The van der Waals surface area contributed by atoms with E-state index in [2.05, 4.69) is 23.3 Å². The van der Waals surface area contributed by atoms with Crippen LogP contribution < -0.4 is 5.32 Å². The summed E-state index contributed by atoms with van der Waals surface area (Å²) < 4.78 is 0. The second-order valence-corrected chi connectivity index (χ2v) is 4.90. The van der Waals surface area contributed by atoms with Crippen molar-refractivity contribution in [3.63, 3.8) is 0 Å². The van der Waals surface area contributed by atoms with E-state index < -0.39 is 0 Å². The Balaban J connectivity index is 2.18. The highest BCUT2D eigenvalue weighted by molar-refractivity contribution is 7.12. The van der Waals surface area contributed by atoms with Crippen molar-refractivity contribution in [1.29, 1.82) is 0 Å². The van der Waals surface area contributed by atoms with E-state index in [1.807, 2.05) is 18.4 Å². The SMILES string of the molecule is CNCc1cc2c(s1)CCN(C)C2. The van der Waals surface area contributed by atoms with Crippen LogP contribution in [0.1, 0.15) is 15.3 Å². The van der Waals surface area contributed by atoms with Gasteiger partial charge >= 0.3 is 0 Å². The van der Waals surface area contributed by atoms with Crippen LogP contribution in [-0.2, 0) is 19.5 Å². The number of nitrogens with one attached hydrogen (secondary N) is 1. The van der Waals surface area contributed by atoms with Crippen LogP contribution in [0.5, 0.6) is 0 Å². The predicted octanol–water partition coefficient (Wildman–Crippen LogP) is 1.46. The Bertz CT molecular complexity index is 293. The number of fused-ring (bicyclic) bond motifs is 1. The third-order valence-electron chi connectivity index (χ3n) is 2.46. The topological polar surface area (TPSA) is 15.3 Å². The second kappa shape index (κ2) is 3.78. The van der Waals surface area contributed by atoms with E-state index in [1.54, 1.807) is 10.4 Å². The third-order valence-corrected chi connectivity index (χ3v) is 3.70. The maximum atomic E-state index is 3.20. The molecule has 2 heterocycles. The molecule has 3 heteroatoms. The number of hydrogen-bond acceptors (Lipinski definition) is 3. The Kier molecular flexibility index (Phi) is 2.67. The highest BCUT2D eigenvalue weighted by Crippen LogP contribution is 2.27. The van der Waals surface area contributed by atoms with Gasteiger partial charge < -0.3 is 10.2 Å². The molecule has 0 spiro atoms. The minimum atomic E-state index is 1.02. The minimum absolute atomic E-state index is 1.02. The summed E-state index contributed by atoms with van der Waals surface area (Å²) in [5, 5.41) is 3.20. The molecule has 1 aliphatic rings. The van der Waals surface area contributed by atoms with Crippen LogP contribution >= 0.6 is 11.3 Å². The fourth-order valence-electron chi connectivity index (χ4n) is 1.80. The molecule has 0 saturated carbocycles. The Hall–Kier alpha value is -0.380. The molecule has 0 bridgehead atoms. The molecule has 1 aliphatic heterocycles. The lowest BCUT2D eigenvalue weighted by atomic mass is 10.1. The number of nitrogens with zero attached hydrogens (tertiary/aromatic N) is 1. The minimum Gasteiger partial charge on any atom is -0.315 e. The van der Waals surface area contributed by atoms with E-state index in [4.69, 9.17) is 0 Å². The van der Waals surface area contributed by atoms with Gasteiger partial charge in [0.25, 0.3) is 0 Å². The molecule has 0 unspecified atom stereocenters. The quantitative estimate of drug-likeness (QED) is 0.770. The maximum Gasteiger partial charge on any atom is 0.0296 e. The van der Waals surface area contributed by atoms with Gasteiger partial charge in [-0.05, 0) is 32.1 Å². The van der Waals surface area contributed by atoms with Crippen LogP contribution in [0.3, 0.4) is 0 Å². The summed E-state index contributed by atoms with van der Waals surface area (Å²) >= 11 is 1.97. The predicted molar refractivity (Wildman–Crippen MR) is 57.1 cm³/mol. The van der Waals surface area contributed by atoms with E-state index in [0.29, 0.717) is 0 Å². The normalized spacial score (nSPS) is 17.4. The molecule has 1 aromatic rings. The molecule has 0 fully saturated rings. The van der Waals surface area contributed by atoms with Crippen LogP contribution in [0, 0.1) is 0 Å². The van der Waals surface area contributed by atoms with Gasteiger partial charge in [-0.25, -0.2) is 0 Å². The zero-order valence-electron chi connectivity index (χ0n) is 8.26. The van der Waals surface area contributed by atoms with Gasteiger partial charge in [-0.1, -0.05) is 0 Å². The molecule has 1 N–H and O–H groups in total. The van der Waals surface area contributed by atoms with Crippen molar-refractivity contribution < 1.29 is 0 Å². The van der Waals surface area contributed by atoms with Gasteiger partial charge in [0.15, 0.2) is 0 Å². The van der Waals surface area contributed by atoms with Gasteiger partial charge in [0.1, 0.15) is 0 Å². The molecule has 0 aliphatic carbocycles. The van der Waals surface area contributed by atoms with Crippen molar-refractivity contribution in [3.8, 4) is 0 Å². The van der Waals surface area contributed by atoms with Crippen LogP contribution in [0.15, 0.2) is 6.07 Å². The van der Waals surface area contributed by atoms with Crippen molar-refractivity contribution in [1.82, 2.24) is 10.2 Å². The van der Waals surface area contributed by atoms with Gasteiger partial charge in [-0.15, -0.1) is 11.3 Å². The highest BCUT2D eigenvalue weighted by Gasteiger charge is 2.15. The van der Waals surface area contributed by atoms with Gasteiger partial charge in [-0.3, -0.25) is 0 Å². The first-order valence-electron chi connectivity index (χ1n) is 4.73. The molecule has 0 atom stereocenters. The van der Waals surface area contributed by atoms with Crippen molar-refractivity contribution in [2.24, 2.45) is 0 Å². The Labute approximate surface area is 83.6 Å². The first kappa shape index (κ1) is 9.19. The van der Waals surface area contributed by atoms with Crippen molar-refractivity contribution >= 4 is 11.3 Å². The molecule has 2 rings (SSSR count). The number of hydrogen-bond donors (Lipinski definition) is 1. The molecule has 2 nitrogen and oxygen atoms in total. The number of thiophene rings is 1. The fraction of sp³-hybridized carbons (Fsp3) is 0.600. The molecule has 13 heavy (non-hydrogen) atoms. The lowest BCUT2D eigenvalue weighted by Gasteiger charge is -2.21. The van der Waals surface area contributed by atoms with Gasteiger partial charge in [-0.2, -0.15) is 0 Å². The summed E-state index contributed by atoms with van der Waals surface area (Å²) in [5.41, 5.74) is 1.55. The summed E-state index contributed by atoms with van der Waals surface area (Å²) in [6.07, 6.45) is 1.24. The lowest BCUT2D eigenvalue weighted by molar-refractivity contribution is 0.315. The summed E-state index contributed by atoms with van der Waals surface area (Å²) in [6, 6.07) is 2.35. The summed E-state index contributed by atoms with van der Waals surface area (Å²) in [7, 11) is 4.20. The van der Waals surface area contributed by atoms with Crippen molar-refractivity contribution in [3.05, 3.63) is 21.4 Å². The standard InChI is InChI=1S/C10H16N2S/c1-11-6-9-5-8-7-12(2)4-3-10(8)13-9/h5,11H,3-4,6-7H2,1-2H3.